The molecule has 11 rings (SSSR count). The molecule has 20 N–H and O–H groups in total. The molecule has 0 aliphatic carbocycles. The number of aryl methyl sites for hydroxylation is 2. The van der Waals surface area contributed by atoms with Gasteiger partial charge in [-0.05, 0) is 124 Å². The first-order chi connectivity index (χ1) is 50.4. The van der Waals surface area contributed by atoms with Crippen molar-refractivity contribution in [1.29, 1.82) is 0 Å². The Morgan fingerprint density at radius 1 is 0.725 bits per heavy atom. The average Bonchev–Trinajstić information content (AvgIpc) is 1.53. The molecule has 594 valence electrons. The number of nitrogens with one attached hydrogen (secondary N) is 1. The van der Waals surface area contributed by atoms with E-state index in [1.807, 2.05) is 80.5 Å². The maximum atomic E-state index is 14.4. The van der Waals surface area contributed by atoms with E-state index in [1.54, 1.807) is 11.5 Å². The molecule has 109 heavy (non-hydrogen) atoms. The molecular weight excluding hydrogens is 1480 g/mol. The van der Waals surface area contributed by atoms with Crippen LogP contribution in [0.15, 0.2) is 80.4 Å². The van der Waals surface area contributed by atoms with Gasteiger partial charge < -0.3 is 97.1 Å². The number of allylic oxidation sites excluding steroid dienone is 6. The largest absolute Gasteiger partial charge is 3.00 e. The normalized spacial score (nSPS) is 31.8. The number of nitrogens with zero attached hydrogens (tertiary/aromatic N) is 10. The van der Waals surface area contributed by atoms with Crippen molar-refractivity contribution in [3.8, 4) is 0 Å². The zero-order chi connectivity index (χ0) is 79.6. The van der Waals surface area contributed by atoms with Crippen LogP contribution >= 0.6 is 7.82 Å². The third kappa shape index (κ3) is 16.3. The maximum absolute atomic E-state index is 14.4. The number of carbonyl (C=O) groups is 7. The van der Waals surface area contributed by atoms with Crippen LogP contribution in [0.5, 0.6) is 0 Å². The number of phosphoric ester groups is 1. The van der Waals surface area contributed by atoms with Gasteiger partial charge in [-0.2, -0.15) is 5.70 Å². The summed E-state index contributed by atoms with van der Waals surface area (Å²) in [5.41, 5.74) is 43.3. The molecule has 4 aromatic rings. The third-order valence-corrected chi connectivity index (χ3v) is 24.6. The van der Waals surface area contributed by atoms with Gasteiger partial charge in [0.05, 0.1) is 42.5 Å². The fourth-order valence-corrected chi connectivity index (χ4v) is 18.5. The molecule has 1 aromatic carbocycles. The fraction of sp³-hybridized carbons (Fsp3) is 0.597. The van der Waals surface area contributed by atoms with Crippen molar-refractivity contribution in [3.63, 3.8) is 0 Å². The van der Waals surface area contributed by atoms with E-state index in [4.69, 9.17) is 79.0 Å². The Morgan fingerprint density at radius 2 is 1.33 bits per heavy atom. The number of aliphatic hydroxyl groups excluding tert-OH is 4. The first-order valence-corrected chi connectivity index (χ1v) is 37.4. The zero-order valence-electron chi connectivity index (χ0n) is 62.9. The number of amides is 7. The quantitative estimate of drug-likeness (QED) is 0.0301. The number of rotatable bonds is 27. The van der Waals surface area contributed by atoms with Crippen molar-refractivity contribution in [2.45, 2.75) is 214 Å². The van der Waals surface area contributed by atoms with Crippen molar-refractivity contribution < 1.29 is 98.7 Å². The van der Waals surface area contributed by atoms with Crippen LogP contribution in [0.1, 0.15) is 157 Å². The van der Waals surface area contributed by atoms with Gasteiger partial charge in [-0.3, -0.25) is 62.2 Å². The van der Waals surface area contributed by atoms with E-state index in [0.717, 1.165) is 11.1 Å². The van der Waals surface area contributed by atoms with Crippen molar-refractivity contribution >= 4 is 94.3 Å². The number of hydrogen-bond donors (Lipinski definition) is 13. The topological polar surface area (TPSA) is 581 Å². The summed E-state index contributed by atoms with van der Waals surface area (Å²) in [7, 11) is -5.07. The van der Waals surface area contributed by atoms with Crippen molar-refractivity contribution in [2.24, 2.45) is 94.7 Å². The van der Waals surface area contributed by atoms with Crippen molar-refractivity contribution in [2.75, 3.05) is 18.9 Å². The van der Waals surface area contributed by atoms with Gasteiger partial charge in [0.1, 0.15) is 36.3 Å². The molecule has 7 amide bonds. The van der Waals surface area contributed by atoms with Gasteiger partial charge in [0.2, 0.25) is 41.4 Å². The number of primary amides is 6. The fourth-order valence-electron chi connectivity index (χ4n) is 17.4. The SMILES string of the molecule is CC1=C2N=C(C=C3N=C(C(C)=C4[N-]C(C)(C5N=C1C(C)(CCC(=O)NCC(C)OP(=O)(O)O[C@@H]1[C@@H](CO)OC(n6cnc7cc(C)c(C)cc76)[C@@H]1O)C5CC(N)=O)C(C)(CC(N)=O)C4CCC(N)=O)C(C)(CC(N)=O)C3CCC(N)=O)C(C)(C)C2CCC(N)=O.[CH2-][C@H]1OC(n2cnc3c(N)ncnc32)[C@H](O)[C@@H]1O.[Co+3]. The zero-order valence-corrected chi connectivity index (χ0v) is 64.8. The molecule has 8 bridgehead atoms. The summed E-state index contributed by atoms with van der Waals surface area (Å²) in [6.45, 7) is 22.7. The minimum absolute atomic E-state index is 0. The predicted molar refractivity (Wildman–Crippen MR) is 395 cm³/mol. The van der Waals surface area contributed by atoms with E-state index in [1.165, 1.54) is 30.5 Å². The minimum Gasteiger partial charge on any atom is -0.680 e. The molecule has 0 spiro atoms. The summed E-state index contributed by atoms with van der Waals surface area (Å²) in [6, 6.07) is 2.68. The van der Waals surface area contributed by atoms with Crippen LogP contribution < -0.4 is 45.5 Å². The number of nitrogen functional groups attached to an aromatic ring is 1. The summed E-state index contributed by atoms with van der Waals surface area (Å²) in [6.07, 6.45) is -5.38. The molecule has 13 unspecified atom stereocenters. The number of benzene rings is 1. The number of carbonyl (C=O) groups excluding carboxylic acids is 7. The Bertz CT molecular complexity index is 4520. The number of aliphatic hydroxyl groups is 4. The van der Waals surface area contributed by atoms with Gasteiger partial charge in [0, 0.05) is 114 Å². The van der Waals surface area contributed by atoms with Gasteiger partial charge in [-0.25, -0.2) is 24.5 Å². The average molecular weight is 1580 g/mol. The summed E-state index contributed by atoms with van der Waals surface area (Å²) in [5, 5.41) is 49.7. The molecule has 10 heterocycles. The molecule has 35 nitrogen and oxygen atoms in total. The monoisotopic (exact) mass is 1580 g/mol. The molecule has 0 saturated carbocycles. The van der Waals surface area contributed by atoms with Crippen LogP contribution in [-0.4, -0.2) is 180 Å². The van der Waals surface area contributed by atoms with E-state index in [-0.39, 0.29) is 99.8 Å². The first kappa shape index (κ1) is 84.8. The Balaban J connectivity index is 0.000000623. The Labute approximate surface area is 640 Å². The number of nitrogens with two attached hydrogens (primary N) is 7. The number of fused-ring (bicyclic) bond motifs is 8. The number of hydrogen-bond acceptors (Lipinski definition) is 24. The Hall–Kier alpha value is -8.26. The number of aliphatic imine (C=N–C) groups is 3. The summed E-state index contributed by atoms with van der Waals surface area (Å²) >= 11 is 0. The number of phosphoric acid groups is 1. The van der Waals surface area contributed by atoms with E-state index in [2.05, 4.69) is 32.2 Å². The third-order valence-electron chi connectivity index (χ3n) is 23.5. The van der Waals surface area contributed by atoms with Crippen LogP contribution in [0, 0.1) is 66.1 Å². The summed E-state index contributed by atoms with van der Waals surface area (Å²) < 4.78 is 39.2. The van der Waals surface area contributed by atoms with E-state index >= 15 is 0 Å². The molecule has 3 aromatic heterocycles. The molecule has 3 fully saturated rings. The first-order valence-electron chi connectivity index (χ1n) is 35.9. The predicted octanol–water partition coefficient (Wildman–Crippen LogP) is 2.81. The smallest absolute Gasteiger partial charge is 0.680 e. The molecular formula is C72H101CoN18O17P+. The Kier molecular flexibility index (Phi) is 25.0. The molecule has 3 saturated heterocycles. The second-order valence-corrected chi connectivity index (χ2v) is 32.5. The Morgan fingerprint density at radius 3 is 1.93 bits per heavy atom. The molecule has 7 aliphatic rings. The number of anilines is 1. The maximum Gasteiger partial charge on any atom is 3.00 e. The van der Waals surface area contributed by atoms with E-state index in [9.17, 15) is 63.4 Å². The van der Waals surface area contributed by atoms with Gasteiger partial charge in [0.15, 0.2) is 23.9 Å². The molecule has 37 heteroatoms. The van der Waals surface area contributed by atoms with Gasteiger partial charge in [-0.1, -0.05) is 47.1 Å². The van der Waals surface area contributed by atoms with Crippen molar-refractivity contribution in [1.82, 2.24) is 34.4 Å². The van der Waals surface area contributed by atoms with Crippen LogP contribution in [0.4, 0.5) is 5.82 Å². The van der Waals surface area contributed by atoms with Gasteiger partial charge in [0.25, 0.3) is 0 Å². The number of aromatic nitrogens is 6. The number of ether oxygens (including phenoxy) is 2. The summed E-state index contributed by atoms with van der Waals surface area (Å²) in [5.74, 6) is -7.09. The second-order valence-electron chi connectivity index (χ2n) is 31.1. The van der Waals surface area contributed by atoms with Crippen LogP contribution in [0.3, 0.4) is 0 Å². The molecule has 0 radical (unpaired) electrons. The van der Waals surface area contributed by atoms with Crippen LogP contribution in [0.2, 0.25) is 0 Å². The van der Waals surface area contributed by atoms with Crippen LogP contribution in [-0.2, 0) is 73.4 Å². The van der Waals surface area contributed by atoms with E-state index in [0.29, 0.717) is 67.6 Å². The second kappa shape index (κ2) is 32.2. The van der Waals surface area contributed by atoms with Gasteiger partial charge >= 0.3 is 24.6 Å². The van der Waals surface area contributed by atoms with Crippen LogP contribution in [0.25, 0.3) is 27.5 Å². The van der Waals surface area contributed by atoms with Gasteiger partial charge in [-0.15, -0.1) is 0 Å². The molecule has 19 atom stereocenters. The molecule has 7 aliphatic heterocycles. The minimum atomic E-state index is -5.07. The van der Waals surface area contributed by atoms with E-state index < -0.39 is 168 Å². The summed E-state index contributed by atoms with van der Waals surface area (Å²) in [4.78, 5) is 137. The standard InChI is InChI=1S/C62H90N13O14P.C10H12N5O3.Co/c1-29-20-39-40(21-30(29)2)75(28-70-39)57-52(84)53(41(27-76)87-57)89-90(85,86)88-31(3)26-69-49(83)18-19-59(8)37(22-46(66)80)56-62(11)61(10,25-48(68)82)36(14-17-45(65)79)51(74-62)33(5)55-60(9,24-47(67)81)34(12-15-43(63)77)38(71-55)23-42-58(6,7)35(13-16-44(64)78)50(72-42)32(4)54(59)73-56;1-4-6(16)7(17)10(18-4)15-3-14-5-8(11)12-2-13-9(5)15;/h20-21,23,28,31,34-37,41,52-53,56-57,76,84H,12-19,22,24-27H2,1-11H3,(H15,63,64,65,66,67,68,69,71,72,73,74,77,78,79,80,81,82,83,85,86);2-4,6-7,10,16-17H,1H2,(H2,11,12,13);/q;-1;+3/p-1/t31?,34?,35?,36?,37?,41-,52-,53-,56?,57?,59?,60?,61?,62?;4-,6-,7-,10?;/m11./s1. The number of imidazole rings is 2. The van der Waals surface area contributed by atoms with Crippen molar-refractivity contribution in [3.05, 3.63) is 88.8 Å².